The molecule has 0 spiro atoms. The number of hydrogen-bond donors (Lipinski definition) is 5. The van der Waals surface area contributed by atoms with E-state index >= 15 is 9.59 Å². The van der Waals surface area contributed by atoms with Crippen LogP contribution in [0, 0.1) is 68.5 Å². The van der Waals surface area contributed by atoms with Gasteiger partial charge < -0.3 is 49.5 Å². The van der Waals surface area contributed by atoms with Gasteiger partial charge in [0.1, 0.15) is 59.6 Å². The molecule has 0 saturated heterocycles. The van der Waals surface area contributed by atoms with E-state index in [2.05, 4.69) is 119 Å². The number of carbonyl (C=O) groups excluding carboxylic acids is 7. The number of hydrogen-bond acceptors (Lipinski definition) is 17. The Balaban J connectivity index is 1.84. The van der Waals surface area contributed by atoms with E-state index in [0.717, 1.165) is 37.4 Å². The number of anilines is 1. The van der Waals surface area contributed by atoms with Gasteiger partial charge in [-0.05, 0) is 153 Å². The number of rotatable bonds is 30. The minimum Gasteiger partial charge on any atom is -0.480 e. The van der Waals surface area contributed by atoms with Crippen molar-refractivity contribution in [2.45, 2.75) is 258 Å². The van der Waals surface area contributed by atoms with E-state index in [1.807, 2.05) is 48.5 Å². The summed E-state index contributed by atoms with van der Waals surface area (Å²) in [6, 6.07) is 0. The molecule has 7 atom stereocenters. The first kappa shape index (κ1) is 83.0. The summed E-state index contributed by atoms with van der Waals surface area (Å²) < 4.78 is 29.4. The Labute approximate surface area is 582 Å². The fourth-order valence-electron chi connectivity index (χ4n) is 13.2. The van der Waals surface area contributed by atoms with E-state index in [4.69, 9.17) is 28.7 Å². The van der Waals surface area contributed by atoms with Gasteiger partial charge in [0.25, 0.3) is 0 Å². The van der Waals surface area contributed by atoms with Crippen LogP contribution >= 0.6 is 23.5 Å². The van der Waals surface area contributed by atoms with Gasteiger partial charge in [-0.3, -0.25) is 24.0 Å². The standard InChI is InChI=1S/C75H120N4O15S2/c1-25-75(23,24)70(89)90-30-28-32-95-46(10)65(83)79-64-60(69(88)94-62-50(73(17,18)19)35-45(9)36-51(62)74(20,21)22)58(42(4)5)53(77-64)37-52-57(41(2)3)59(68(87)93-61-48(71(11,12)13)33-44(8)34-49(61)72(14,15)16)63(76-52)78-55(81)29-26-27-31-96-54(66(84)85)38-56(82)91-39-47(80)40-92-67(86)43(6)7/h37,41-42,44-51,54,61-62,76,80H,6,25-36,38-40H2,1-5,7-24H3,(H,78,81)(H,84,85)(H,77,79,83). The molecule has 5 N–H and O–H groups in total. The lowest BCUT2D eigenvalue weighted by Gasteiger charge is -2.50. The fourth-order valence-corrected chi connectivity index (χ4v) is 15.1. The van der Waals surface area contributed by atoms with Gasteiger partial charge in [0.15, 0.2) is 0 Å². The second kappa shape index (κ2) is 35.1. The first-order valence-electron chi connectivity index (χ1n) is 34.8. The monoisotopic (exact) mass is 1380 g/mol. The molecular weight excluding hydrogens is 1260 g/mol. The molecule has 2 saturated carbocycles. The number of nitrogens with zero attached hydrogens (tertiary/aromatic N) is 1. The van der Waals surface area contributed by atoms with Gasteiger partial charge >= 0.3 is 35.8 Å². The minimum absolute atomic E-state index is 0.00520. The van der Waals surface area contributed by atoms with Crippen molar-refractivity contribution in [1.29, 1.82) is 0 Å². The highest BCUT2D eigenvalue weighted by Gasteiger charge is 2.51. The number of aliphatic carboxylic acids is 1. The first-order valence-corrected chi connectivity index (χ1v) is 36.9. The number of nitrogens with one attached hydrogen (secondary N) is 3. The summed E-state index contributed by atoms with van der Waals surface area (Å²) in [5, 5.41) is 24.4. The second-order valence-electron chi connectivity index (χ2n) is 32.9. The topological polar surface area (TPSA) is 275 Å². The second-order valence-corrected chi connectivity index (χ2v) is 35.7. The number of aromatic amines is 1. The number of allylic oxidation sites excluding steroid dienone is 1. The maximum absolute atomic E-state index is 15.6. The summed E-state index contributed by atoms with van der Waals surface area (Å²) in [7, 11) is 0. The average Bonchev–Trinajstić information content (AvgIpc) is 1.40. The Hall–Kier alpha value is -5.41. The van der Waals surface area contributed by atoms with Crippen LogP contribution in [-0.4, -0.2) is 129 Å². The van der Waals surface area contributed by atoms with E-state index in [0.29, 0.717) is 65.8 Å². The molecule has 4 rings (SSSR count). The third-order valence-electron chi connectivity index (χ3n) is 19.2. The van der Waals surface area contributed by atoms with Crippen LogP contribution in [0.25, 0.3) is 6.08 Å². The Bertz CT molecular complexity index is 2970. The number of carboxylic acids is 1. The van der Waals surface area contributed by atoms with Crippen LogP contribution in [0.2, 0.25) is 0 Å². The molecule has 1 aliphatic heterocycles. The zero-order chi connectivity index (χ0) is 72.9. The smallest absolute Gasteiger partial charge is 0.342 e. The van der Waals surface area contributed by atoms with Crippen molar-refractivity contribution in [3.05, 3.63) is 45.8 Å². The molecule has 19 nitrogen and oxygen atoms in total. The van der Waals surface area contributed by atoms with Crippen molar-refractivity contribution >= 4 is 88.9 Å². The molecule has 1 aromatic rings. The van der Waals surface area contributed by atoms with Gasteiger partial charge in [0, 0.05) is 41.4 Å². The molecule has 21 heteroatoms. The molecule has 1 aromatic heterocycles. The summed E-state index contributed by atoms with van der Waals surface area (Å²) in [6.07, 6.45) is 4.23. The van der Waals surface area contributed by atoms with Crippen molar-refractivity contribution in [3.63, 3.8) is 0 Å². The number of aromatic nitrogens is 1. The molecule has 2 aliphatic carbocycles. The number of carboxylic acid groups (broad SMARTS) is 1. The third-order valence-corrected chi connectivity index (χ3v) is 21.7. The molecule has 0 bridgehead atoms. The Kier molecular flexibility index (Phi) is 30.3. The van der Waals surface area contributed by atoms with Gasteiger partial charge in [0.2, 0.25) is 11.8 Å². The number of amidine groups is 1. The molecule has 96 heavy (non-hydrogen) atoms. The van der Waals surface area contributed by atoms with Crippen LogP contribution in [0.15, 0.2) is 34.0 Å². The van der Waals surface area contributed by atoms with Crippen molar-refractivity contribution in [2.75, 3.05) is 36.6 Å². The SMILES string of the molecule is C=C(C)C(=O)OCC(O)COC(=O)CC(SCCCCC(=O)Nc1[nH]c(C=C2N=C(NC(=O)C(C)SCCCOC(=O)C(C)(C)CC)C(C(=O)OC3C(C(C)(C)C)CC(C)CC3C(C)(C)C)=C2C(C)C)c(C(C)C)c1C(=O)OC1C(C(C)(C)C)CC(C)CC1C(C)(C)C)C(=O)O. The highest BCUT2D eigenvalue weighted by molar-refractivity contribution is 8.00. The highest BCUT2D eigenvalue weighted by atomic mass is 32.2. The maximum atomic E-state index is 15.6. The largest absolute Gasteiger partial charge is 0.480 e. The van der Waals surface area contributed by atoms with Crippen molar-refractivity contribution < 1.29 is 72.3 Å². The maximum Gasteiger partial charge on any atom is 0.342 e. The van der Waals surface area contributed by atoms with Crippen LogP contribution < -0.4 is 10.6 Å². The summed E-state index contributed by atoms with van der Waals surface area (Å²) in [6.45, 7) is 50.1. The van der Waals surface area contributed by atoms with E-state index in [-0.39, 0.29) is 110 Å². The number of esters is 5. The molecule has 0 radical (unpaired) electrons. The zero-order valence-electron chi connectivity index (χ0n) is 62.4. The quantitative estimate of drug-likeness (QED) is 0.0207. The van der Waals surface area contributed by atoms with Gasteiger partial charge in [-0.1, -0.05) is 138 Å². The lowest BCUT2D eigenvalue weighted by Crippen LogP contribution is -2.50. The number of ether oxygens (including phenoxy) is 5. The van der Waals surface area contributed by atoms with Crippen LogP contribution in [-0.2, 0) is 57.2 Å². The Morgan fingerprint density at radius 3 is 1.66 bits per heavy atom. The van der Waals surface area contributed by atoms with Gasteiger partial charge in [-0.25, -0.2) is 19.4 Å². The lowest BCUT2D eigenvalue weighted by atomic mass is 9.59. The minimum atomic E-state index is -1.33. The number of thioether (sulfide) groups is 2. The number of aliphatic hydroxyl groups is 1. The normalized spacial score (nSPS) is 22.6. The van der Waals surface area contributed by atoms with Crippen molar-refractivity contribution in [3.8, 4) is 0 Å². The zero-order valence-corrected chi connectivity index (χ0v) is 64.0. The number of H-pyrrole nitrogens is 1. The number of aliphatic imine (C=N–C) groups is 1. The Morgan fingerprint density at radius 1 is 0.688 bits per heavy atom. The highest BCUT2D eigenvalue weighted by Crippen LogP contribution is 2.52. The summed E-state index contributed by atoms with van der Waals surface area (Å²) >= 11 is 2.40. The first-order chi connectivity index (χ1) is 44.2. The van der Waals surface area contributed by atoms with E-state index in [1.165, 1.54) is 18.7 Å². The molecule has 7 unspecified atom stereocenters. The predicted molar refractivity (Wildman–Crippen MR) is 383 cm³/mol. The number of carbonyl (C=O) groups is 8. The van der Waals surface area contributed by atoms with Crippen molar-refractivity contribution in [1.82, 2.24) is 10.3 Å². The molecule has 3 aliphatic rings. The van der Waals surface area contributed by atoms with Crippen LogP contribution in [0.1, 0.15) is 251 Å². The van der Waals surface area contributed by atoms with E-state index in [9.17, 15) is 39.0 Å². The van der Waals surface area contributed by atoms with E-state index < -0.39 is 95.5 Å². The van der Waals surface area contributed by atoms with Gasteiger partial charge in [0.05, 0.1) is 29.4 Å². The molecule has 542 valence electrons. The predicted octanol–water partition coefficient (Wildman–Crippen LogP) is 15.1. The van der Waals surface area contributed by atoms with Crippen LogP contribution in [0.4, 0.5) is 5.82 Å². The van der Waals surface area contributed by atoms with Crippen molar-refractivity contribution in [2.24, 2.45) is 73.5 Å². The average molecular weight is 1380 g/mol. The van der Waals surface area contributed by atoms with E-state index in [1.54, 1.807) is 13.0 Å². The molecule has 2 fully saturated rings. The van der Waals surface area contributed by atoms with Crippen LogP contribution in [0.3, 0.4) is 0 Å². The summed E-state index contributed by atoms with van der Waals surface area (Å²) in [4.78, 5) is 118. The fraction of sp³-hybridized carbons (Fsp3) is 0.747. The Morgan fingerprint density at radius 2 is 1.19 bits per heavy atom. The number of unbranched alkanes of at least 4 members (excludes halogenated alkanes) is 1. The number of amides is 2. The summed E-state index contributed by atoms with van der Waals surface area (Å²) in [5.41, 5.74) is 0.684. The molecule has 2 amide bonds. The van der Waals surface area contributed by atoms with Gasteiger partial charge in [-0.15, -0.1) is 23.5 Å². The molecule has 2 heterocycles. The lowest BCUT2D eigenvalue weighted by molar-refractivity contribution is -0.164. The third kappa shape index (κ3) is 23.6. The molecular formula is C75H120N4O15S2. The van der Waals surface area contributed by atoms with Gasteiger partial charge in [-0.2, -0.15) is 0 Å². The van der Waals surface area contributed by atoms with Crippen LogP contribution in [0.5, 0.6) is 0 Å². The molecule has 0 aromatic carbocycles. The summed E-state index contributed by atoms with van der Waals surface area (Å²) in [5.74, 6) is -4.18. The number of aliphatic hydroxyl groups excluding tert-OH is 1.